The van der Waals surface area contributed by atoms with Gasteiger partial charge in [0.1, 0.15) is 5.92 Å². The highest BCUT2D eigenvalue weighted by molar-refractivity contribution is 9.10. The maximum Gasteiger partial charge on any atom is 0.312 e. The molecule has 0 aliphatic heterocycles. The van der Waals surface area contributed by atoms with Gasteiger partial charge in [-0.15, -0.1) is 0 Å². The fourth-order valence-corrected chi connectivity index (χ4v) is 3.19. The van der Waals surface area contributed by atoms with E-state index in [1.54, 1.807) is 6.20 Å². The molecular weight excluding hydrogens is 386 g/mol. The van der Waals surface area contributed by atoms with Gasteiger partial charge in [-0.25, -0.2) is 0 Å². The van der Waals surface area contributed by atoms with Gasteiger partial charge in [-0.3, -0.25) is 9.78 Å². The molecule has 2 rings (SSSR count). The molecule has 0 saturated carbocycles. The second-order valence-electron chi connectivity index (χ2n) is 4.60. The van der Waals surface area contributed by atoms with Crippen LogP contribution in [0.1, 0.15) is 22.7 Å². The molecule has 1 N–H and O–H groups in total. The number of hydrogen-bond acceptors (Lipinski definition) is 2. The number of carboxylic acid groups (broad SMARTS) is 1. The summed E-state index contributed by atoms with van der Waals surface area (Å²) in [5.74, 6) is -1.54. The number of carboxylic acids is 1. The predicted molar refractivity (Wildman–Crippen MR) is 84.9 cm³/mol. The highest BCUT2D eigenvalue weighted by atomic mass is 79.9. The molecule has 0 saturated heterocycles. The van der Waals surface area contributed by atoms with E-state index in [2.05, 4.69) is 36.8 Å². The van der Waals surface area contributed by atoms with Gasteiger partial charge in [-0.1, -0.05) is 28.1 Å². The average molecular weight is 399 g/mol. The van der Waals surface area contributed by atoms with Crippen molar-refractivity contribution in [2.75, 3.05) is 0 Å². The lowest BCUT2D eigenvalue weighted by atomic mass is 9.95. The summed E-state index contributed by atoms with van der Waals surface area (Å²) in [5.41, 5.74) is 2.51. The third-order valence-corrected chi connectivity index (χ3v) is 4.09. The van der Waals surface area contributed by atoms with E-state index >= 15 is 0 Å². The smallest absolute Gasteiger partial charge is 0.312 e. The standard InChI is InChI=1S/C15H13Br2NO2/c1-9-5-13(17)14(18-8-9)12(15(19)20)7-10-3-2-4-11(16)6-10/h2-6,8,12H,7H2,1H3,(H,19,20). The van der Waals surface area contributed by atoms with Crippen molar-refractivity contribution in [1.29, 1.82) is 0 Å². The lowest BCUT2D eigenvalue weighted by Gasteiger charge is -2.14. The SMILES string of the molecule is Cc1cnc(C(Cc2cccc(Br)c2)C(=O)O)c(Br)c1. The first-order valence-electron chi connectivity index (χ1n) is 6.06. The third kappa shape index (κ3) is 3.67. The van der Waals surface area contributed by atoms with Crippen LogP contribution in [-0.4, -0.2) is 16.1 Å². The molecule has 0 spiro atoms. The summed E-state index contributed by atoms with van der Waals surface area (Å²) in [6.45, 7) is 1.92. The molecule has 1 heterocycles. The molecule has 5 heteroatoms. The van der Waals surface area contributed by atoms with Crippen molar-refractivity contribution in [3.8, 4) is 0 Å². The number of halogens is 2. The summed E-state index contributed by atoms with van der Waals surface area (Å²) in [5, 5.41) is 9.48. The first-order chi connectivity index (χ1) is 9.47. The average Bonchev–Trinajstić information content (AvgIpc) is 2.36. The Hall–Kier alpha value is -1.20. The Balaban J connectivity index is 2.34. The number of nitrogens with zero attached hydrogens (tertiary/aromatic N) is 1. The van der Waals surface area contributed by atoms with Crippen molar-refractivity contribution in [2.45, 2.75) is 19.3 Å². The van der Waals surface area contributed by atoms with Gasteiger partial charge >= 0.3 is 5.97 Å². The summed E-state index contributed by atoms with van der Waals surface area (Å²) in [7, 11) is 0. The van der Waals surface area contributed by atoms with Crippen LogP contribution >= 0.6 is 31.9 Å². The largest absolute Gasteiger partial charge is 0.481 e. The molecule has 0 amide bonds. The number of aromatic nitrogens is 1. The van der Waals surface area contributed by atoms with Gasteiger partial charge < -0.3 is 5.11 Å². The summed E-state index contributed by atoms with van der Waals surface area (Å²) in [6.07, 6.45) is 2.10. The molecule has 104 valence electrons. The van der Waals surface area contributed by atoms with Crippen LogP contribution in [0, 0.1) is 6.92 Å². The van der Waals surface area contributed by atoms with Gasteiger partial charge in [0.25, 0.3) is 0 Å². The Bertz CT molecular complexity index is 644. The number of aryl methyl sites for hydroxylation is 1. The fraction of sp³-hybridized carbons (Fsp3) is 0.200. The van der Waals surface area contributed by atoms with E-state index in [9.17, 15) is 9.90 Å². The van der Waals surface area contributed by atoms with Gasteiger partial charge in [0.05, 0.1) is 5.69 Å². The molecule has 2 aromatic rings. The minimum absolute atomic E-state index is 0.406. The Morgan fingerprint density at radius 3 is 2.70 bits per heavy atom. The summed E-state index contributed by atoms with van der Waals surface area (Å²) in [4.78, 5) is 15.8. The van der Waals surface area contributed by atoms with E-state index in [0.29, 0.717) is 12.1 Å². The molecule has 1 aromatic carbocycles. The van der Waals surface area contributed by atoms with Crippen LogP contribution in [0.4, 0.5) is 0 Å². The lowest BCUT2D eigenvalue weighted by Crippen LogP contribution is -2.16. The Labute approximate surface area is 134 Å². The zero-order valence-corrected chi connectivity index (χ0v) is 14.0. The molecule has 20 heavy (non-hydrogen) atoms. The van der Waals surface area contributed by atoms with E-state index < -0.39 is 11.9 Å². The van der Waals surface area contributed by atoms with Crippen LogP contribution < -0.4 is 0 Å². The summed E-state index contributed by atoms with van der Waals surface area (Å²) in [6, 6.07) is 9.55. The Morgan fingerprint density at radius 1 is 1.35 bits per heavy atom. The normalized spacial score (nSPS) is 12.2. The second-order valence-corrected chi connectivity index (χ2v) is 6.37. The molecule has 0 aliphatic rings. The molecular formula is C15H13Br2NO2. The highest BCUT2D eigenvalue weighted by Crippen LogP contribution is 2.28. The van der Waals surface area contributed by atoms with Crippen LogP contribution in [0.25, 0.3) is 0 Å². The number of aliphatic carboxylic acids is 1. The predicted octanol–water partition coefficient (Wildman–Crippen LogP) is 4.33. The topological polar surface area (TPSA) is 50.2 Å². The highest BCUT2D eigenvalue weighted by Gasteiger charge is 2.24. The minimum Gasteiger partial charge on any atom is -0.481 e. The van der Waals surface area contributed by atoms with Crippen LogP contribution in [0.2, 0.25) is 0 Å². The number of pyridine rings is 1. The quantitative estimate of drug-likeness (QED) is 0.833. The van der Waals surface area contributed by atoms with Crippen molar-refractivity contribution < 1.29 is 9.90 Å². The lowest BCUT2D eigenvalue weighted by molar-refractivity contribution is -0.138. The van der Waals surface area contributed by atoms with Gasteiger partial charge in [0, 0.05) is 15.1 Å². The molecule has 0 aliphatic carbocycles. The molecule has 0 radical (unpaired) electrons. The van der Waals surface area contributed by atoms with Crippen LogP contribution in [0.15, 0.2) is 45.5 Å². The van der Waals surface area contributed by atoms with Gasteiger partial charge in [0.15, 0.2) is 0 Å². The maximum absolute atomic E-state index is 11.6. The van der Waals surface area contributed by atoms with Crippen molar-refractivity contribution >= 4 is 37.8 Å². The molecule has 0 bridgehead atoms. The molecule has 3 nitrogen and oxygen atoms in total. The Morgan fingerprint density at radius 2 is 2.10 bits per heavy atom. The zero-order chi connectivity index (χ0) is 14.7. The molecule has 1 atom stereocenters. The second kappa shape index (κ2) is 6.50. The van der Waals surface area contributed by atoms with E-state index in [-0.39, 0.29) is 0 Å². The van der Waals surface area contributed by atoms with E-state index in [1.165, 1.54) is 0 Å². The van der Waals surface area contributed by atoms with Gasteiger partial charge in [-0.05, 0) is 58.6 Å². The van der Waals surface area contributed by atoms with E-state index in [1.807, 2.05) is 37.3 Å². The van der Waals surface area contributed by atoms with Crippen LogP contribution in [0.5, 0.6) is 0 Å². The van der Waals surface area contributed by atoms with Crippen molar-refractivity contribution in [3.05, 3.63) is 62.3 Å². The van der Waals surface area contributed by atoms with Crippen molar-refractivity contribution in [2.24, 2.45) is 0 Å². The fourth-order valence-electron chi connectivity index (χ4n) is 2.00. The van der Waals surface area contributed by atoms with E-state index in [4.69, 9.17) is 0 Å². The third-order valence-electron chi connectivity index (χ3n) is 2.96. The summed E-state index contributed by atoms with van der Waals surface area (Å²) >= 11 is 6.81. The molecule has 1 aromatic heterocycles. The minimum atomic E-state index is -0.873. The molecule has 0 fully saturated rings. The first kappa shape index (κ1) is 15.2. The number of hydrogen-bond donors (Lipinski definition) is 1. The van der Waals surface area contributed by atoms with Gasteiger partial charge in [0.2, 0.25) is 0 Å². The van der Waals surface area contributed by atoms with Crippen molar-refractivity contribution in [3.63, 3.8) is 0 Å². The number of rotatable bonds is 4. The van der Waals surface area contributed by atoms with E-state index in [0.717, 1.165) is 20.1 Å². The summed E-state index contributed by atoms with van der Waals surface area (Å²) < 4.78 is 1.68. The number of benzene rings is 1. The monoisotopic (exact) mass is 397 g/mol. The van der Waals surface area contributed by atoms with Crippen LogP contribution in [0.3, 0.4) is 0 Å². The maximum atomic E-state index is 11.6. The number of carbonyl (C=O) groups is 1. The zero-order valence-electron chi connectivity index (χ0n) is 10.8. The molecule has 1 unspecified atom stereocenters. The van der Waals surface area contributed by atoms with Gasteiger partial charge in [-0.2, -0.15) is 0 Å². The first-order valence-corrected chi connectivity index (χ1v) is 7.65. The Kier molecular flexibility index (Phi) is 4.94. The van der Waals surface area contributed by atoms with Crippen molar-refractivity contribution in [1.82, 2.24) is 4.98 Å². The van der Waals surface area contributed by atoms with Crippen LogP contribution in [-0.2, 0) is 11.2 Å².